The molecule has 0 unspecified atom stereocenters. The van der Waals surface area contributed by atoms with Gasteiger partial charge in [0.2, 0.25) is 11.8 Å². The molecular weight excluding hydrogens is 337 g/mol. The summed E-state index contributed by atoms with van der Waals surface area (Å²) in [6.45, 7) is 0.177. The average Bonchev–Trinajstić information content (AvgIpc) is 3.07. The van der Waals surface area contributed by atoms with Crippen LogP contribution in [0.2, 0.25) is 0 Å². The molecule has 3 rings (SSSR count). The average molecular weight is 360 g/mol. The number of benzene rings is 1. The Morgan fingerprint density at radius 3 is 2.96 bits per heavy atom. The Balaban J connectivity index is 1.69. The number of amides is 1. The molecule has 1 atom stereocenters. The van der Waals surface area contributed by atoms with E-state index in [1.54, 1.807) is 12.3 Å². The molecule has 0 saturated heterocycles. The lowest BCUT2D eigenvalue weighted by Gasteiger charge is -2.18. The number of aliphatic imine (C=N–C) groups is 1. The summed E-state index contributed by atoms with van der Waals surface area (Å²) >= 11 is 0. The molecule has 0 spiro atoms. The summed E-state index contributed by atoms with van der Waals surface area (Å²) in [7, 11) is -1.07. The first-order valence-corrected chi connectivity index (χ1v) is 8.00. The number of fused-ring (bicyclic) bond motifs is 1. The summed E-state index contributed by atoms with van der Waals surface area (Å²) in [5, 5.41) is 2.73. The summed E-state index contributed by atoms with van der Waals surface area (Å²) < 4.78 is 44.8. The zero-order valence-electron chi connectivity index (χ0n) is 17.2. The third-order valence-corrected chi connectivity index (χ3v) is 4.06. The van der Waals surface area contributed by atoms with Crippen LogP contribution in [0.4, 0.5) is 4.39 Å². The maximum absolute atomic E-state index is 13.2. The van der Waals surface area contributed by atoms with Gasteiger partial charge in [-0.1, -0.05) is 12.1 Å². The second-order valence-corrected chi connectivity index (χ2v) is 5.82. The highest BCUT2D eigenvalue weighted by Gasteiger charge is 2.19. The van der Waals surface area contributed by atoms with E-state index in [-0.39, 0.29) is 18.9 Å². The molecule has 0 bridgehead atoms. The van der Waals surface area contributed by atoms with Crippen LogP contribution in [-0.2, 0) is 27.2 Å². The molecular formula is C19H20FN3O3. The van der Waals surface area contributed by atoms with Crippen molar-refractivity contribution in [1.29, 1.82) is 0 Å². The zero-order chi connectivity index (χ0) is 21.0. The maximum atomic E-state index is 13.2. The molecule has 2 aromatic rings. The summed E-state index contributed by atoms with van der Waals surface area (Å²) in [5.41, 5.74) is 2.79. The van der Waals surface area contributed by atoms with E-state index >= 15 is 0 Å². The van der Waals surface area contributed by atoms with E-state index in [1.807, 2.05) is 0 Å². The molecule has 0 radical (unpaired) electrons. The Kier molecular flexibility index (Phi) is 4.45. The van der Waals surface area contributed by atoms with Crippen LogP contribution in [0.5, 0.6) is 0 Å². The predicted octanol–water partition coefficient (Wildman–Crippen LogP) is 2.17. The number of aromatic nitrogens is 1. The third kappa shape index (κ3) is 4.05. The van der Waals surface area contributed by atoms with Gasteiger partial charge in [-0.2, -0.15) is 0 Å². The predicted molar refractivity (Wildman–Crippen MR) is 94.4 cm³/mol. The van der Waals surface area contributed by atoms with Crippen LogP contribution in [0.15, 0.2) is 41.5 Å². The highest BCUT2D eigenvalue weighted by Crippen LogP contribution is 2.20. The van der Waals surface area contributed by atoms with Crippen molar-refractivity contribution in [3.05, 3.63) is 64.7 Å². The highest BCUT2D eigenvalue weighted by atomic mass is 19.1. The number of nitrogens with zero attached hydrogens (tertiary/aromatic N) is 2. The van der Waals surface area contributed by atoms with Gasteiger partial charge < -0.3 is 14.8 Å². The van der Waals surface area contributed by atoms with Crippen LogP contribution in [-0.4, -0.2) is 37.5 Å². The largest absolute Gasteiger partial charge is 0.481 e. The molecule has 136 valence electrons. The Bertz CT molecular complexity index is 917. The van der Waals surface area contributed by atoms with Crippen LogP contribution in [0, 0.1) is 5.82 Å². The van der Waals surface area contributed by atoms with Gasteiger partial charge in [0.1, 0.15) is 5.82 Å². The van der Waals surface area contributed by atoms with Gasteiger partial charge in [0, 0.05) is 13.2 Å². The molecule has 26 heavy (non-hydrogen) atoms. The van der Waals surface area contributed by atoms with Crippen molar-refractivity contribution in [2.24, 2.45) is 4.99 Å². The molecule has 6 nitrogen and oxygen atoms in total. The van der Waals surface area contributed by atoms with Crippen LogP contribution < -0.4 is 5.32 Å². The molecule has 1 aliphatic heterocycles. The summed E-state index contributed by atoms with van der Waals surface area (Å²) in [6, 6.07) is 6.46. The van der Waals surface area contributed by atoms with Crippen molar-refractivity contribution in [3.8, 4) is 0 Å². The smallest absolute Gasteiger partial charge is 0.226 e. The minimum absolute atomic E-state index is 0.0128. The van der Waals surface area contributed by atoms with Crippen molar-refractivity contribution in [2.75, 3.05) is 20.8 Å². The van der Waals surface area contributed by atoms with E-state index < -0.39 is 18.9 Å². The molecule has 0 fully saturated rings. The standard InChI is InChI=1S/C19H20FN3O3/c1-25-11-17(12-3-5-14(20)6-4-12)23-18(24)8-15-7-13-9-22-19(26-2)16(13)10-21-15/h3-7,10,17H,8-9,11H2,1-2H3,(H,23,24)/t17-/m1/s1/i1D3. The van der Waals surface area contributed by atoms with Gasteiger partial charge in [-0.25, -0.2) is 9.38 Å². The van der Waals surface area contributed by atoms with Crippen LogP contribution in [0.25, 0.3) is 0 Å². The van der Waals surface area contributed by atoms with Gasteiger partial charge in [0.25, 0.3) is 0 Å². The number of hydrogen-bond donors (Lipinski definition) is 1. The molecule has 1 aromatic carbocycles. The van der Waals surface area contributed by atoms with Crippen LogP contribution >= 0.6 is 0 Å². The van der Waals surface area contributed by atoms with Crippen molar-refractivity contribution >= 4 is 11.8 Å². The van der Waals surface area contributed by atoms with Crippen LogP contribution in [0.1, 0.15) is 32.5 Å². The van der Waals surface area contributed by atoms with E-state index in [0.29, 0.717) is 23.7 Å². The van der Waals surface area contributed by atoms with Crippen LogP contribution in [0.3, 0.4) is 0 Å². The minimum Gasteiger partial charge on any atom is -0.481 e. The van der Waals surface area contributed by atoms with Crippen molar-refractivity contribution < 1.29 is 22.8 Å². The highest BCUT2D eigenvalue weighted by molar-refractivity contribution is 5.97. The van der Waals surface area contributed by atoms with Gasteiger partial charge in [-0.15, -0.1) is 0 Å². The van der Waals surface area contributed by atoms with Crippen molar-refractivity contribution in [3.63, 3.8) is 0 Å². The lowest BCUT2D eigenvalue weighted by molar-refractivity contribution is -0.121. The van der Waals surface area contributed by atoms with Gasteiger partial charge >= 0.3 is 0 Å². The maximum Gasteiger partial charge on any atom is 0.226 e. The quantitative estimate of drug-likeness (QED) is 0.857. The van der Waals surface area contributed by atoms with Gasteiger partial charge in [0.05, 0.1) is 48.1 Å². The summed E-state index contributed by atoms with van der Waals surface area (Å²) in [4.78, 5) is 21.0. The molecule has 7 heteroatoms. The summed E-state index contributed by atoms with van der Waals surface area (Å²) in [6.07, 6.45) is 1.60. The van der Waals surface area contributed by atoms with Gasteiger partial charge in [-0.3, -0.25) is 9.78 Å². The Morgan fingerprint density at radius 1 is 1.42 bits per heavy atom. The monoisotopic (exact) mass is 360 g/mol. The first-order chi connectivity index (χ1) is 13.7. The Labute approximate surface area is 155 Å². The topological polar surface area (TPSA) is 72.8 Å². The number of methoxy groups -OCH3 is 2. The fraction of sp³-hybridized carbons (Fsp3) is 0.316. The molecule has 1 aliphatic rings. The fourth-order valence-electron chi connectivity index (χ4n) is 2.79. The van der Waals surface area contributed by atoms with E-state index in [4.69, 9.17) is 13.6 Å². The van der Waals surface area contributed by atoms with Crippen molar-refractivity contribution in [2.45, 2.75) is 19.0 Å². The number of nitrogens with one attached hydrogen (secondary N) is 1. The second kappa shape index (κ2) is 8.05. The second-order valence-electron chi connectivity index (χ2n) is 5.82. The summed E-state index contributed by atoms with van der Waals surface area (Å²) in [5.74, 6) is -0.288. The SMILES string of the molecule is [2H]C([2H])([2H])OC[C@@H](NC(=O)Cc1cc2c(cn1)C(OC)=NC2)c1ccc(F)cc1. The van der Waals surface area contributed by atoms with Gasteiger partial charge in [-0.05, 0) is 29.3 Å². The molecule has 1 amide bonds. The zero-order valence-corrected chi connectivity index (χ0v) is 14.2. The lowest BCUT2D eigenvalue weighted by atomic mass is 10.1. The van der Waals surface area contributed by atoms with E-state index in [1.165, 1.54) is 31.4 Å². The normalized spacial score (nSPS) is 15.9. The molecule has 1 aromatic heterocycles. The number of hydrogen-bond acceptors (Lipinski definition) is 5. The number of carbonyl (C=O) groups excluding carboxylic acids is 1. The van der Waals surface area contributed by atoms with E-state index in [9.17, 15) is 9.18 Å². The number of rotatable bonds is 6. The molecule has 2 heterocycles. The third-order valence-electron chi connectivity index (χ3n) is 4.06. The fourth-order valence-corrected chi connectivity index (χ4v) is 2.79. The molecule has 0 saturated carbocycles. The number of ether oxygens (including phenoxy) is 2. The Morgan fingerprint density at radius 2 is 2.23 bits per heavy atom. The molecule has 0 aliphatic carbocycles. The molecule has 1 N–H and O–H groups in total. The van der Waals surface area contributed by atoms with E-state index in [2.05, 4.69) is 15.3 Å². The van der Waals surface area contributed by atoms with E-state index in [0.717, 1.165) is 11.1 Å². The number of halogens is 1. The first-order valence-electron chi connectivity index (χ1n) is 9.50. The lowest BCUT2D eigenvalue weighted by Crippen LogP contribution is -2.32. The van der Waals surface area contributed by atoms with Crippen molar-refractivity contribution in [1.82, 2.24) is 10.3 Å². The number of pyridine rings is 1. The number of carbonyl (C=O) groups is 1. The first kappa shape index (κ1) is 14.4. The minimum atomic E-state index is -2.61. The van der Waals surface area contributed by atoms with Gasteiger partial charge in [0.15, 0.2) is 0 Å². The Hall–Kier alpha value is -2.80.